The minimum Gasteiger partial charge on any atom is -0.385 e. The monoisotopic (exact) mass is 222 g/mol. The maximum absolute atomic E-state index is 13.2. The molecule has 1 aliphatic rings. The normalized spacial score (nSPS) is 19.8. The molecular weight excluding hydrogens is 207 g/mol. The molecule has 0 radical (unpaired) electrons. The summed E-state index contributed by atoms with van der Waals surface area (Å²) >= 11 is 0. The average Bonchev–Trinajstić information content (AvgIpc) is 2.26. The fraction of sp³-hybridized carbons (Fsp3) is 0.462. The molecule has 1 N–H and O–H groups in total. The predicted octanol–water partition coefficient (Wildman–Crippen LogP) is 2.46. The van der Waals surface area contributed by atoms with Crippen molar-refractivity contribution >= 4 is 5.78 Å². The van der Waals surface area contributed by atoms with E-state index in [1.807, 2.05) is 6.92 Å². The van der Waals surface area contributed by atoms with Crippen LogP contribution in [0, 0.1) is 12.7 Å². The largest absolute Gasteiger partial charge is 0.385 e. The van der Waals surface area contributed by atoms with E-state index in [0.717, 1.165) is 5.56 Å². The third-order valence-electron chi connectivity index (χ3n) is 3.34. The molecule has 2 rings (SSSR count). The second kappa shape index (κ2) is 3.98. The molecule has 0 unspecified atom stereocenters. The molecule has 0 saturated heterocycles. The first-order chi connectivity index (χ1) is 7.51. The van der Waals surface area contributed by atoms with Crippen LogP contribution in [-0.4, -0.2) is 10.9 Å². The Labute approximate surface area is 94.1 Å². The van der Waals surface area contributed by atoms with E-state index in [1.165, 1.54) is 12.1 Å². The van der Waals surface area contributed by atoms with Crippen molar-refractivity contribution in [1.82, 2.24) is 0 Å². The van der Waals surface area contributed by atoms with Gasteiger partial charge in [-0.3, -0.25) is 4.79 Å². The summed E-state index contributed by atoms with van der Waals surface area (Å²) in [6.45, 7) is 1.85. The molecule has 0 amide bonds. The number of benzene rings is 1. The Bertz CT molecular complexity index is 416. The zero-order valence-electron chi connectivity index (χ0n) is 9.29. The lowest BCUT2D eigenvalue weighted by atomic mass is 9.77. The lowest BCUT2D eigenvalue weighted by Crippen LogP contribution is -2.32. The van der Waals surface area contributed by atoms with Gasteiger partial charge < -0.3 is 5.11 Å². The van der Waals surface area contributed by atoms with Crippen molar-refractivity contribution < 1.29 is 14.3 Å². The smallest absolute Gasteiger partial charge is 0.133 e. The van der Waals surface area contributed by atoms with Crippen LogP contribution in [0.3, 0.4) is 0 Å². The first-order valence-corrected chi connectivity index (χ1v) is 5.52. The molecule has 0 bridgehead atoms. The summed E-state index contributed by atoms with van der Waals surface area (Å²) in [7, 11) is 0. The Morgan fingerprint density at radius 2 is 1.94 bits per heavy atom. The van der Waals surface area contributed by atoms with Gasteiger partial charge in [0.25, 0.3) is 0 Å². The van der Waals surface area contributed by atoms with Crippen LogP contribution < -0.4 is 0 Å². The number of carbonyl (C=O) groups is 1. The summed E-state index contributed by atoms with van der Waals surface area (Å²) in [6, 6.07) is 4.43. The van der Waals surface area contributed by atoms with Gasteiger partial charge in [0.1, 0.15) is 11.6 Å². The second-order valence-electron chi connectivity index (χ2n) is 4.53. The highest BCUT2D eigenvalue weighted by molar-refractivity contribution is 5.79. The molecule has 86 valence electrons. The molecule has 3 heteroatoms. The molecule has 0 spiro atoms. The van der Waals surface area contributed by atoms with Crippen LogP contribution in [0.1, 0.15) is 36.8 Å². The number of carbonyl (C=O) groups excluding carboxylic acids is 1. The van der Waals surface area contributed by atoms with E-state index >= 15 is 0 Å². The quantitative estimate of drug-likeness (QED) is 0.792. The third kappa shape index (κ3) is 2.00. The summed E-state index contributed by atoms with van der Waals surface area (Å²) in [4.78, 5) is 11.1. The van der Waals surface area contributed by atoms with E-state index in [2.05, 4.69) is 0 Å². The maximum atomic E-state index is 13.2. The zero-order valence-corrected chi connectivity index (χ0v) is 9.29. The van der Waals surface area contributed by atoms with Crippen LogP contribution in [0.25, 0.3) is 0 Å². The molecule has 1 saturated carbocycles. The molecular formula is C13H15FO2. The number of aryl methyl sites for hydroxylation is 1. The number of ketones is 1. The number of Topliss-reactive ketones (excluding diaryl/α,β-unsaturated/α-hetero) is 1. The van der Waals surface area contributed by atoms with E-state index in [0.29, 0.717) is 31.2 Å². The van der Waals surface area contributed by atoms with Crippen molar-refractivity contribution in [3.05, 3.63) is 35.1 Å². The van der Waals surface area contributed by atoms with Crippen molar-refractivity contribution in [3.63, 3.8) is 0 Å². The lowest BCUT2D eigenvalue weighted by Gasteiger charge is -2.33. The van der Waals surface area contributed by atoms with E-state index in [4.69, 9.17) is 0 Å². The fourth-order valence-electron chi connectivity index (χ4n) is 2.31. The van der Waals surface area contributed by atoms with Crippen molar-refractivity contribution in [3.8, 4) is 0 Å². The Balaban J connectivity index is 2.35. The number of halogens is 1. The van der Waals surface area contributed by atoms with Gasteiger partial charge in [0.05, 0.1) is 5.60 Å². The molecule has 0 atom stereocenters. The number of aliphatic hydroxyl groups is 1. The second-order valence-corrected chi connectivity index (χ2v) is 4.53. The van der Waals surface area contributed by atoms with Gasteiger partial charge in [0.15, 0.2) is 0 Å². The molecule has 0 aliphatic heterocycles. The number of hydrogen-bond donors (Lipinski definition) is 1. The Morgan fingerprint density at radius 1 is 1.31 bits per heavy atom. The van der Waals surface area contributed by atoms with E-state index in [1.54, 1.807) is 6.07 Å². The third-order valence-corrected chi connectivity index (χ3v) is 3.34. The summed E-state index contributed by atoms with van der Waals surface area (Å²) in [6.07, 6.45) is 1.56. The number of hydrogen-bond acceptors (Lipinski definition) is 2. The van der Waals surface area contributed by atoms with Crippen LogP contribution >= 0.6 is 0 Å². The Hall–Kier alpha value is -1.22. The van der Waals surface area contributed by atoms with Gasteiger partial charge in [-0.15, -0.1) is 0 Å². The summed E-state index contributed by atoms with van der Waals surface area (Å²) in [5.74, 6) is -0.162. The van der Waals surface area contributed by atoms with Gasteiger partial charge in [0, 0.05) is 12.8 Å². The fourth-order valence-corrected chi connectivity index (χ4v) is 2.31. The first kappa shape index (κ1) is 11.3. The van der Waals surface area contributed by atoms with Crippen molar-refractivity contribution in [2.24, 2.45) is 0 Å². The molecule has 0 heterocycles. The van der Waals surface area contributed by atoms with Gasteiger partial charge in [-0.25, -0.2) is 4.39 Å². The van der Waals surface area contributed by atoms with Gasteiger partial charge in [-0.05, 0) is 43.0 Å². The van der Waals surface area contributed by atoms with Crippen LogP contribution in [-0.2, 0) is 10.4 Å². The lowest BCUT2D eigenvalue weighted by molar-refractivity contribution is -0.125. The van der Waals surface area contributed by atoms with E-state index in [-0.39, 0.29) is 11.6 Å². The highest BCUT2D eigenvalue weighted by Gasteiger charge is 2.35. The summed E-state index contributed by atoms with van der Waals surface area (Å²) in [5, 5.41) is 10.4. The SMILES string of the molecule is Cc1ccc(F)cc1C1(O)CCC(=O)CC1. The number of rotatable bonds is 1. The highest BCUT2D eigenvalue weighted by atomic mass is 19.1. The van der Waals surface area contributed by atoms with Crippen molar-refractivity contribution in [1.29, 1.82) is 0 Å². The molecule has 16 heavy (non-hydrogen) atoms. The minimum absolute atomic E-state index is 0.179. The van der Waals surface area contributed by atoms with Crippen LogP contribution in [0.2, 0.25) is 0 Å². The average molecular weight is 222 g/mol. The van der Waals surface area contributed by atoms with Gasteiger partial charge in [-0.1, -0.05) is 6.07 Å². The molecule has 2 nitrogen and oxygen atoms in total. The molecule has 1 aromatic rings. The van der Waals surface area contributed by atoms with E-state index in [9.17, 15) is 14.3 Å². The van der Waals surface area contributed by atoms with E-state index < -0.39 is 5.60 Å². The Kier molecular flexibility index (Phi) is 2.80. The van der Waals surface area contributed by atoms with Gasteiger partial charge in [0.2, 0.25) is 0 Å². The minimum atomic E-state index is -1.03. The topological polar surface area (TPSA) is 37.3 Å². The molecule has 1 aromatic carbocycles. The van der Waals surface area contributed by atoms with Crippen LogP contribution in [0.15, 0.2) is 18.2 Å². The summed E-state index contributed by atoms with van der Waals surface area (Å²) < 4.78 is 13.2. The Morgan fingerprint density at radius 3 is 2.56 bits per heavy atom. The molecule has 0 aromatic heterocycles. The maximum Gasteiger partial charge on any atom is 0.133 e. The highest BCUT2D eigenvalue weighted by Crippen LogP contribution is 2.37. The summed E-state index contributed by atoms with van der Waals surface area (Å²) in [5.41, 5.74) is 0.471. The van der Waals surface area contributed by atoms with Crippen molar-refractivity contribution in [2.75, 3.05) is 0 Å². The molecule has 1 aliphatic carbocycles. The molecule has 1 fully saturated rings. The van der Waals surface area contributed by atoms with Gasteiger partial charge in [-0.2, -0.15) is 0 Å². The predicted molar refractivity (Wildman–Crippen MR) is 58.5 cm³/mol. The van der Waals surface area contributed by atoms with Crippen LogP contribution in [0.4, 0.5) is 4.39 Å². The zero-order chi connectivity index (χ0) is 11.8. The van der Waals surface area contributed by atoms with Crippen molar-refractivity contribution in [2.45, 2.75) is 38.2 Å². The van der Waals surface area contributed by atoms with Gasteiger partial charge >= 0.3 is 0 Å². The van der Waals surface area contributed by atoms with Crippen LogP contribution in [0.5, 0.6) is 0 Å². The standard InChI is InChI=1S/C13H15FO2/c1-9-2-3-10(14)8-12(9)13(16)6-4-11(15)5-7-13/h2-3,8,16H,4-7H2,1H3. The first-order valence-electron chi connectivity index (χ1n) is 5.52.